The molecule has 2 atom stereocenters. The van der Waals surface area contributed by atoms with Crippen LogP contribution >= 0.6 is 0 Å². The molecular formula is C16H18N4O3. The van der Waals surface area contributed by atoms with Crippen LogP contribution in [-0.2, 0) is 4.79 Å². The molecule has 120 valence electrons. The summed E-state index contributed by atoms with van der Waals surface area (Å²) in [6.45, 7) is 0. The van der Waals surface area contributed by atoms with E-state index in [4.69, 9.17) is 10.5 Å². The van der Waals surface area contributed by atoms with Crippen molar-refractivity contribution in [3.63, 3.8) is 0 Å². The molecule has 1 amide bonds. The lowest BCUT2D eigenvalue weighted by atomic mass is 9.88. The maximum Gasteiger partial charge on any atom is 0.260 e. The third-order valence-electron chi connectivity index (χ3n) is 3.89. The molecule has 7 heteroatoms. The smallest absolute Gasteiger partial charge is 0.260 e. The number of carbonyl (C=O) groups excluding carboxylic acids is 1. The minimum absolute atomic E-state index is 0.129. The van der Waals surface area contributed by atoms with Gasteiger partial charge in [-0.2, -0.15) is 0 Å². The Morgan fingerprint density at radius 3 is 3.00 bits per heavy atom. The van der Waals surface area contributed by atoms with Crippen molar-refractivity contribution < 1.29 is 14.6 Å². The van der Waals surface area contributed by atoms with Gasteiger partial charge >= 0.3 is 0 Å². The first kappa shape index (κ1) is 15.4. The maximum absolute atomic E-state index is 12.5. The molecule has 2 heterocycles. The Morgan fingerprint density at radius 2 is 2.30 bits per heavy atom. The van der Waals surface area contributed by atoms with E-state index in [1.54, 1.807) is 30.5 Å². The number of aliphatic hydroxyl groups is 1. The highest BCUT2D eigenvalue weighted by Gasteiger charge is 2.35. The zero-order chi connectivity index (χ0) is 16.4. The van der Waals surface area contributed by atoms with Crippen molar-refractivity contribution in [2.45, 2.75) is 24.5 Å². The Kier molecular flexibility index (Phi) is 3.97. The van der Waals surface area contributed by atoms with Crippen molar-refractivity contribution >= 4 is 22.6 Å². The summed E-state index contributed by atoms with van der Waals surface area (Å²) in [5, 5.41) is 13.2. The van der Waals surface area contributed by atoms with E-state index in [2.05, 4.69) is 15.3 Å². The van der Waals surface area contributed by atoms with Crippen molar-refractivity contribution in [3.8, 4) is 5.88 Å². The van der Waals surface area contributed by atoms with Crippen LogP contribution in [0.5, 0.6) is 5.88 Å². The van der Waals surface area contributed by atoms with Gasteiger partial charge in [-0.3, -0.25) is 9.78 Å². The monoisotopic (exact) mass is 314 g/mol. The average molecular weight is 314 g/mol. The lowest BCUT2D eigenvalue weighted by molar-refractivity contribution is -0.130. The molecule has 2 unspecified atom stereocenters. The summed E-state index contributed by atoms with van der Waals surface area (Å²) in [5.74, 6) is -0.0963. The summed E-state index contributed by atoms with van der Waals surface area (Å²) in [7, 11) is 1.52. The summed E-state index contributed by atoms with van der Waals surface area (Å²) in [6, 6.07) is 4.95. The lowest BCUT2D eigenvalue weighted by Gasteiger charge is -2.28. The molecule has 1 aliphatic rings. The fourth-order valence-corrected chi connectivity index (χ4v) is 2.49. The fourth-order valence-electron chi connectivity index (χ4n) is 2.49. The molecular weight excluding hydrogens is 296 g/mol. The molecule has 0 saturated heterocycles. The van der Waals surface area contributed by atoms with Gasteiger partial charge in [0.1, 0.15) is 5.52 Å². The minimum Gasteiger partial charge on any atom is -0.481 e. The van der Waals surface area contributed by atoms with Crippen LogP contribution < -0.4 is 15.8 Å². The number of fused-ring (bicyclic) bond motifs is 1. The molecule has 7 nitrogen and oxygen atoms in total. The highest BCUT2D eigenvalue weighted by atomic mass is 16.5. The average Bonchev–Trinajstić information content (AvgIpc) is 2.57. The third-order valence-corrected chi connectivity index (χ3v) is 3.89. The van der Waals surface area contributed by atoms with Gasteiger partial charge in [-0.15, -0.1) is 0 Å². The number of pyridine rings is 2. The largest absolute Gasteiger partial charge is 0.481 e. The summed E-state index contributed by atoms with van der Waals surface area (Å²) in [5.41, 5.74) is 5.78. The number of aromatic nitrogens is 2. The number of hydrogen-bond donors (Lipinski definition) is 3. The number of anilines is 1. The number of nitrogens with two attached hydrogens (primary N) is 1. The van der Waals surface area contributed by atoms with Gasteiger partial charge < -0.3 is 20.9 Å². The number of rotatable bonds is 3. The Balaban J connectivity index is 1.92. The Hall–Kier alpha value is -2.51. The summed E-state index contributed by atoms with van der Waals surface area (Å²) < 4.78 is 5.10. The number of methoxy groups -OCH3 is 1. The molecule has 0 saturated carbocycles. The Bertz CT molecular complexity index is 777. The van der Waals surface area contributed by atoms with E-state index in [0.717, 1.165) is 0 Å². The van der Waals surface area contributed by atoms with Crippen LogP contribution in [0.4, 0.5) is 5.69 Å². The third kappa shape index (κ3) is 3.01. The first-order valence-corrected chi connectivity index (χ1v) is 7.30. The highest BCUT2D eigenvalue weighted by Crippen LogP contribution is 2.26. The van der Waals surface area contributed by atoms with E-state index in [1.807, 2.05) is 0 Å². The van der Waals surface area contributed by atoms with Gasteiger partial charge in [-0.25, -0.2) is 4.98 Å². The van der Waals surface area contributed by atoms with E-state index in [-0.39, 0.29) is 12.5 Å². The molecule has 0 aliphatic heterocycles. The van der Waals surface area contributed by atoms with Crippen LogP contribution in [-0.4, -0.2) is 39.7 Å². The van der Waals surface area contributed by atoms with Crippen molar-refractivity contribution in [2.24, 2.45) is 5.73 Å². The quantitative estimate of drug-likeness (QED) is 0.729. The Labute approximate surface area is 133 Å². The normalized spacial score (nSPS) is 23.7. The summed E-state index contributed by atoms with van der Waals surface area (Å²) >= 11 is 0. The van der Waals surface area contributed by atoms with Crippen LogP contribution in [0.15, 0.2) is 36.5 Å². The minimum atomic E-state index is -1.57. The van der Waals surface area contributed by atoms with Gasteiger partial charge in [-0.1, -0.05) is 6.08 Å². The van der Waals surface area contributed by atoms with Crippen LogP contribution in [0, 0.1) is 0 Å². The SMILES string of the molecule is COc1ccc2nccc(NC(=O)C3(O)C=CC(N)CC3)c2n1. The van der Waals surface area contributed by atoms with Gasteiger partial charge in [0.15, 0.2) is 5.60 Å². The summed E-state index contributed by atoms with van der Waals surface area (Å²) in [6.07, 6.45) is 5.49. The van der Waals surface area contributed by atoms with E-state index in [1.165, 1.54) is 13.2 Å². The molecule has 2 aromatic heterocycles. The first-order chi connectivity index (χ1) is 11.0. The first-order valence-electron chi connectivity index (χ1n) is 7.30. The molecule has 0 bridgehead atoms. The van der Waals surface area contributed by atoms with E-state index in [9.17, 15) is 9.90 Å². The Morgan fingerprint density at radius 1 is 1.48 bits per heavy atom. The molecule has 3 rings (SSSR count). The number of hydrogen-bond acceptors (Lipinski definition) is 6. The number of ether oxygens (including phenoxy) is 1. The van der Waals surface area contributed by atoms with Crippen molar-refractivity contribution in [1.82, 2.24) is 9.97 Å². The van der Waals surface area contributed by atoms with Crippen molar-refractivity contribution in [3.05, 3.63) is 36.5 Å². The number of amides is 1. The predicted octanol–water partition coefficient (Wildman–Crippen LogP) is 0.985. The second-order valence-corrected chi connectivity index (χ2v) is 5.52. The molecule has 0 fully saturated rings. The van der Waals surface area contributed by atoms with Crippen LogP contribution in [0.3, 0.4) is 0 Å². The second kappa shape index (κ2) is 5.94. The molecule has 0 radical (unpaired) electrons. The predicted molar refractivity (Wildman–Crippen MR) is 86.0 cm³/mol. The molecule has 1 aliphatic carbocycles. The lowest BCUT2D eigenvalue weighted by Crippen LogP contribution is -2.44. The highest BCUT2D eigenvalue weighted by molar-refractivity contribution is 6.03. The zero-order valence-electron chi connectivity index (χ0n) is 12.7. The van der Waals surface area contributed by atoms with Gasteiger partial charge in [0.2, 0.25) is 5.88 Å². The van der Waals surface area contributed by atoms with Crippen LogP contribution in [0.1, 0.15) is 12.8 Å². The fraction of sp³-hybridized carbons (Fsp3) is 0.312. The van der Waals surface area contributed by atoms with Crippen LogP contribution in [0.2, 0.25) is 0 Å². The van der Waals surface area contributed by atoms with Crippen molar-refractivity contribution in [2.75, 3.05) is 12.4 Å². The zero-order valence-corrected chi connectivity index (χ0v) is 12.7. The van der Waals surface area contributed by atoms with Crippen LogP contribution in [0.25, 0.3) is 11.0 Å². The van der Waals surface area contributed by atoms with Crippen molar-refractivity contribution in [1.29, 1.82) is 0 Å². The van der Waals surface area contributed by atoms with Gasteiger partial charge in [0.05, 0.1) is 18.3 Å². The standard InChI is InChI=1S/C16H18N4O3/c1-23-13-3-2-11-14(20-13)12(6-9-18-11)19-15(21)16(22)7-4-10(17)5-8-16/h2-4,6-7,9-10,22H,5,8,17H2,1H3,(H,18,19,21). The molecule has 0 spiro atoms. The number of nitrogens with one attached hydrogen (secondary N) is 1. The molecule has 4 N–H and O–H groups in total. The van der Waals surface area contributed by atoms with Gasteiger partial charge in [-0.05, 0) is 31.1 Å². The molecule has 2 aromatic rings. The van der Waals surface area contributed by atoms with Gasteiger partial charge in [0.25, 0.3) is 5.91 Å². The van der Waals surface area contributed by atoms with E-state index >= 15 is 0 Å². The van der Waals surface area contributed by atoms with Gasteiger partial charge in [0, 0.05) is 18.3 Å². The molecule has 0 aromatic carbocycles. The number of nitrogens with zero attached hydrogens (tertiary/aromatic N) is 2. The molecule has 23 heavy (non-hydrogen) atoms. The number of carbonyl (C=O) groups is 1. The topological polar surface area (TPSA) is 110 Å². The van der Waals surface area contributed by atoms with E-state index < -0.39 is 11.5 Å². The van der Waals surface area contributed by atoms with E-state index in [0.29, 0.717) is 29.0 Å². The maximum atomic E-state index is 12.5. The summed E-state index contributed by atoms with van der Waals surface area (Å²) in [4.78, 5) is 21.0. The second-order valence-electron chi connectivity index (χ2n) is 5.52.